The van der Waals surface area contributed by atoms with Gasteiger partial charge in [0.05, 0.1) is 14.2 Å². The summed E-state index contributed by atoms with van der Waals surface area (Å²) in [6.45, 7) is 0. The van der Waals surface area contributed by atoms with Gasteiger partial charge in [-0.3, -0.25) is 0 Å². The van der Waals surface area contributed by atoms with Gasteiger partial charge in [0.2, 0.25) is 5.95 Å². The summed E-state index contributed by atoms with van der Waals surface area (Å²) < 4.78 is 12.1. The van der Waals surface area contributed by atoms with Gasteiger partial charge < -0.3 is 19.9 Å². The van der Waals surface area contributed by atoms with E-state index in [-0.39, 0.29) is 11.3 Å². The van der Waals surface area contributed by atoms with E-state index in [1.165, 1.54) is 13.2 Å². The first kappa shape index (κ1) is 18.3. The number of nitrogens with zero attached hydrogens (tertiary/aromatic N) is 3. The Bertz CT molecular complexity index is 1190. The molecule has 8 heteroatoms. The molecule has 4 aromatic rings. The quantitative estimate of drug-likeness (QED) is 0.516. The highest BCUT2D eigenvalue weighted by atomic mass is 16.5. The fourth-order valence-electron chi connectivity index (χ4n) is 3.03. The summed E-state index contributed by atoms with van der Waals surface area (Å²) in [6, 6.07) is 16.3. The van der Waals surface area contributed by atoms with Crippen molar-refractivity contribution in [1.29, 1.82) is 0 Å². The van der Waals surface area contributed by atoms with E-state index in [9.17, 15) is 9.90 Å². The van der Waals surface area contributed by atoms with Gasteiger partial charge in [0.1, 0.15) is 17.1 Å². The summed E-state index contributed by atoms with van der Waals surface area (Å²) in [5.74, 6) is 0.368. The zero-order chi connectivity index (χ0) is 20.4. The molecule has 8 nitrogen and oxygen atoms in total. The molecule has 2 N–H and O–H groups in total. The Morgan fingerprint density at radius 2 is 1.86 bits per heavy atom. The fraction of sp³-hybridized carbons (Fsp3) is 0.0952. The van der Waals surface area contributed by atoms with Crippen molar-refractivity contribution >= 4 is 23.3 Å². The summed E-state index contributed by atoms with van der Waals surface area (Å²) in [6.07, 6.45) is 1.81. The van der Waals surface area contributed by atoms with E-state index in [1.54, 1.807) is 23.8 Å². The summed E-state index contributed by atoms with van der Waals surface area (Å²) >= 11 is 0. The first-order valence-corrected chi connectivity index (χ1v) is 8.77. The lowest BCUT2D eigenvalue weighted by Crippen LogP contribution is -2.01. The number of carboxylic acid groups (broad SMARTS) is 1. The number of carboxylic acids is 1. The van der Waals surface area contributed by atoms with Crippen LogP contribution in [0.15, 0.2) is 60.8 Å². The number of carbonyl (C=O) groups is 1. The molecule has 4 rings (SSSR count). The van der Waals surface area contributed by atoms with E-state index in [1.807, 2.05) is 42.6 Å². The Hall–Kier alpha value is -4.07. The van der Waals surface area contributed by atoms with Crippen LogP contribution in [0.2, 0.25) is 0 Å². The van der Waals surface area contributed by atoms with Crippen molar-refractivity contribution in [3.05, 3.63) is 66.4 Å². The Morgan fingerprint density at radius 3 is 2.55 bits per heavy atom. The maximum atomic E-state index is 11.2. The zero-order valence-corrected chi connectivity index (χ0v) is 15.8. The van der Waals surface area contributed by atoms with Crippen molar-refractivity contribution in [2.75, 3.05) is 19.5 Å². The van der Waals surface area contributed by atoms with Crippen molar-refractivity contribution in [3.8, 4) is 22.6 Å². The van der Waals surface area contributed by atoms with Crippen LogP contribution in [0.1, 0.15) is 10.4 Å². The monoisotopic (exact) mass is 390 g/mol. The number of rotatable bonds is 6. The van der Waals surface area contributed by atoms with Gasteiger partial charge in [-0.25, -0.2) is 9.31 Å². The van der Waals surface area contributed by atoms with Crippen LogP contribution in [0.4, 0.5) is 11.6 Å². The van der Waals surface area contributed by atoms with Gasteiger partial charge in [0.25, 0.3) is 0 Å². The van der Waals surface area contributed by atoms with Crippen molar-refractivity contribution in [1.82, 2.24) is 14.6 Å². The first-order chi connectivity index (χ1) is 14.1. The van der Waals surface area contributed by atoms with Crippen molar-refractivity contribution in [2.24, 2.45) is 0 Å². The summed E-state index contributed by atoms with van der Waals surface area (Å²) in [5.41, 5.74) is 3.31. The molecule has 0 amide bonds. The van der Waals surface area contributed by atoms with Gasteiger partial charge in [0, 0.05) is 23.5 Å². The molecule has 0 aliphatic rings. The molecular formula is C21H18N4O4. The largest absolute Gasteiger partial charge is 0.497 e. The highest BCUT2D eigenvalue weighted by Crippen LogP contribution is 2.28. The highest BCUT2D eigenvalue weighted by Gasteiger charge is 2.13. The summed E-state index contributed by atoms with van der Waals surface area (Å²) in [4.78, 5) is 15.8. The topological polar surface area (TPSA) is 98.0 Å². The standard InChI is InChI=1S/C21H18N4O4/c1-28-15-8-5-13(6-9-15)16-4-3-11-25-19(16)23-21(24-25)22-14-7-10-17(20(26)27)18(12-14)29-2/h3-12H,1-2H3,(H,22,24)(H,26,27). The lowest BCUT2D eigenvalue weighted by atomic mass is 10.1. The van der Waals surface area contributed by atoms with E-state index >= 15 is 0 Å². The molecule has 146 valence electrons. The average Bonchev–Trinajstić information content (AvgIpc) is 3.16. The smallest absolute Gasteiger partial charge is 0.339 e. The molecule has 0 aliphatic heterocycles. The number of pyridine rings is 1. The molecule has 2 aromatic heterocycles. The van der Waals surface area contributed by atoms with E-state index in [4.69, 9.17) is 9.47 Å². The Balaban J connectivity index is 1.68. The zero-order valence-electron chi connectivity index (χ0n) is 15.8. The van der Waals surface area contributed by atoms with Crippen LogP contribution in [0.5, 0.6) is 11.5 Å². The molecule has 0 unspecified atom stereocenters. The molecule has 2 aromatic carbocycles. The SMILES string of the molecule is COc1ccc(-c2cccn3nc(Nc4ccc(C(=O)O)c(OC)c4)nc23)cc1. The maximum Gasteiger partial charge on any atom is 0.339 e. The Labute approximate surface area is 166 Å². The van der Waals surface area contributed by atoms with Crippen LogP contribution in [-0.4, -0.2) is 39.9 Å². The summed E-state index contributed by atoms with van der Waals surface area (Å²) in [5, 5.41) is 16.8. The number of methoxy groups -OCH3 is 2. The van der Waals surface area contributed by atoms with Gasteiger partial charge in [0.15, 0.2) is 5.65 Å². The molecule has 0 saturated heterocycles. The van der Waals surface area contributed by atoms with E-state index in [0.717, 1.165) is 16.9 Å². The first-order valence-electron chi connectivity index (χ1n) is 8.77. The number of anilines is 2. The van der Waals surface area contributed by atoms with Gasteiger partial charge in [-0.05, 0) is 42.0 Å². The van der Waals surface area contributed by atoms with Crippen molar-refractivity contribution < 1.29 is 19.4 Å². The second-order valence-corrected chi connectivity index (χ2v) is 6.20. The molecule has 0 atom stereocenters. The second kappa shape index (κ2) is 7.51. The predicted molar refractivity (Wildman–Crippen MR) is 108 cm³/mol. The van der Waals surface area contributed by atoms with E-state index in [0.29, 0.717) is 17.3 Å². The third kappa shape index (κ3) is 3.55. The number of fused-ring (bicyclic) bond motifs is 1. The number of benzene rings is 2. The van der Waals surface area contributed by atoms with Crippen LogP contribution >= 0.6 is 0 Å². The average molecular weight is 390 g/mol. The third-order valence-corrected chi connectivity index (χ3v) is 4.45. The number of aromatic nitrogens is 3. The van der Waals surface area contributed by atoms with E-state index < -0.39 is 5.97 Å². The van der Waals surface area contributed by atoms with Crippen LogP contribution in [-0.2, 0) is 0 Å². The summed E-state index contributed by atoms with van der Waals surface area (Å²) in [7, 11) is 3.06. The van der Waals surface area contributed by atoms with Gasteiger partial charge in [-0.15, -0.1) is 5.10 Å². The number of nitrogens with one attached hydrogen (secondary N) is 1. The Morgan fingerprint density at radius 1 is 1.07 bits per heavy atom. The van der Waals surface area contributed by atoms with Crippen LogP contribution in [0.3, 0.4) is 0 Å². The van der Waals surface area contributed by atoms with E-state index in [2.05, 4.69) is 15.4 Å². The van der Waals surface area contributed by atoms with Crippen LogP contribution in [0.25, 0.3) is 16.8 Å². The van der Waals surface area contributed by atoms with Crippen molar-refractivity contribution in [3.63, 3.8) is 0 Å². The van der Waals surface area contributed by atoms with Crippen LogP contribution in [0, 0.1) is 0 Å². The molecule has 0 saturated carbocycles. The number of aromatic carboxylic acids is 1. The minimum atomic E-state index is -1.05. The third-order valence-electron chi connectivity index (χ3n) is 4.45. The minimum Gasteiger partial charge on any atom is -0.497 e. The molecule has 29 heavy (non-hydrogen) atoms. The fourth-order valence-corrected chi connectivity index (χ4v) is 3.03. The van der Waals surface area contributed by atoms with Gasteiger partial charge >= 0.3 is 5.97 Å². The minimum absolute atomic E-state index is 0.0859. The number of ether oxygens (including phenoxy) is 2. The lowest BCUT2D eigenvalue weighted by Gasteiger charge is -2.07. The predicted octanol–water partition coefficient (Wildman–Crippen LogP) is 3.86. The highest BCUT2D eigenvalue weighted by molar-refractivity contribution is 5.91. The number of hydrogen-bond donors (Lipinski definition) is 2. The maximum absolute atomic E-state index is 11.2. The normalized spacial score (nSPS) is 10.7. The molecule has 0 aliphatic carbocycles. The van der Waals surface area contributed by atoms with Crippen molar-refractivity contribution in [2.45, 2.75) is 0 Å². The molecule has 0 fully saturated rings. The molecule has 0 bridgehead atoms. The molecule has 0 spiro atoms. The molecular weight excluding hydrogens is 372 g/mol. The van der Waals surface area contributed by atoms with Gasteiger partial charge in [-0.2, -0.15) is 4.98 Å². The molecule has 0 radical (unpaired) electrons. The van der Waals surface area contributed by atoms with Crippen LogP contribution < -0.4 is 14.8 Å². The van der Waals surface area contributed by atoms with Gasteiger partial charge in [-0.1, -0.05) is 12.1 Å². The lowest BCUT2D eigenvalue weighted by molar-refractivity contribution is 0.0693. The molecule has 2 heterocycles. The number of hydrogen-bond acceptors (Lipinski definition) is 6. The second-order valence-electron chi connectivity index (χ2n) is 6.20. The Kier molecular flexibility index (Phi) is 4.74.